The summed E-state index contributed by atoms with van der Waals surface area (Å²) in [6, 6.07) is 13.1. The van der Waals surface area contributed by atoms with Crippen molar-refractivity contribution in [1.82, 2.24) is 14.4 Å². The Kier molecular flexibility index (Phi) is 4.01. The molecule has 2 bridgehead atoms. The van der Waals surface area contributed by atoms with Crippen molar-refractivity contribution < 1.29 is 9.53 Å². The number of aryl methyl sites for hydroxylation is 1. The summed E-state index contributed by atoms with van der Waals surface area (Å²) in [5.74, 6) is 2.07. The maximum Gasteiger partial charge on any atom is 0.270 e. The van der Waals surface area contributed by atoms with Gasteiger partial charge in [0.05, 0.1) is 13.2 Å². The Morgan fingerprint density at radius 3 is 2.44 bits per heavy atom. The molecule has 4 saturated heterocycles. The highest BCUT2D eigenvalue weighted by atomic mass is 16.5. The van der Waals surface area contributed by atoms with Gasteiger partial charge in [0.25, 0.3) is 5.91 Å². The number of aromatic nitrogens is 1. The molecule has 1 amide bonds. The number of hydrogen-bond acceptors (Lipinski definition) is 3. The summed E-state index contributed by atoms with van der Waals surface area (Å²) in [6.45, 7) is 3.15. The molecule has 5 nitrogen and oxygen atoms in total. The fourth-order valence-corrected chi connectivity index (χ4v) is 5.63. The number of nitrogens with zero attached hydrogens (tertiary/aromatic N) is 3. The van der Waals surface area contributed by atoms with Gasteiger partial charge in [0.15, 0.2) is 0 Å². The molecule has 0 saturated carbocycles. The van der Waals surface area contributed by atoms with Crippen LogP contribution in [-0.4, -0.2) is 59.1 Å². The van der Waals surface area contributed by atoms with E-state index in [4.69, 9.17) is 4.74 Å². The van der Waals surface area contributed by atoms with Gasteiger partial charge in [-0.25, -0.2) is 0 Å². The number of ether oxygens (including phenoxy) is 1. The third kappa shape index (κ3) is 2.59. The Morgan fingerprint density at radius 2 is 1.81 bits per heavy atom. The minimum absolute atomic E-state index is 0.183. The van der Waals surface area contributed by atoms with Crippen molar-refractivity contribution in [3.05, 3.63) is 53.9 Å². The highest BCUT2D eigenvalue weighted by Crippen LogP contribution is 2.47. The van der Waals surface area contributed by atoms with E-state index in [0.29, 0.717) is 23.9 Å². The summed E-state index contributed by atoms with van der Waals surface area (Å²) in [5.41, 5.74) is 2.11. The topological polar surface area (TPSA) is 37.7 Å². The smallest absolute Gasteiger partial charge is 0.270 e. The molecule has 4 aliphatic heterocycles. The number of piperidine rings is 3. The normalized spacial score (nSPS) is 31.8. The van der Waals surface area contributed by atoms with Gasteiger partial charge in [-0.05, 0) is 61.7 Å². The van der Waals surface area contributed by atoms with Crippen LogP contribution in [0.5, 0.6) is 5.75 Å². The molecule has 2 aromatic rings. The van der Waals surface area contributed by atoms with Crippen LogP contribution in [0.2, 0.25) is 0 Å². The monoisotopic (exact) mass is 365 g/mol. The number of carbonyl (C=O) groups is 1. The van der Waals surface area contributed by atoms with E-state index in [9.17, 15) is 4.79 Å². The number of carbonyl (C=O) groups excluding carboxylic acids is 1. The first-order chi connectivity index (χ1) is 13.2. The van der Waals surface area contributed by atoms with E-state index in [1.165, 1.54) is 31.5 Å². The van der Waals surface area contributed by atoms with Crippen LogP contribution >= 0.6 is 0 Å². The van der Waals surface area contributed by atoms with E-state index in [2.05, 4.69) is 21.9 Å². The van der Waals surface area contributed by atoms with Gasteiger partial charge in [-0.2, -0.15) is 0 Å². The Labute approximate surface area is 160 Å². The lowest BCUT2D eigenvalue weighted by atomic mass is 9.75. The molecule has 0 N–H and O–H groups in total. The number of rotatable bonds is 3. The number of likely N-dealkylation sites (tertiary alicyclic amines) is 1. The summed E-state index contributed by atoms with van der Waals surface area (Å²) < 4.78 is 7.28. The molecular weight excluding hydrogens is 338 g/mol. The Hall–Kier alpha value is -2.27. The van der Waals surface area contributed by atoms with Gasteiger partial charge in [0, 0.05) is 31.7 Å². The Balaban J connectivity index is 1.51. The van der Waals surface area contributed by atoms with Gasteiger partial charge in [0.1, 0.15) is 11.4 Å². The molecule has 0 unspecified atom stereocenters. The van der Waals surface area contributed by atoms with Crippen LogP contribution in [0.25, 0.3) is 0 Å². The van der Waals surface area contributed by atoms with Crippen LogP contribution in [0.4, 0.5) is 0 Å². The van der Waals surface area contributed by atoms with Crippen molar-refractivity contribution in [2.24, 2.45) is 13.0 Å². The molecule has 5 heterocycles. The Bertz CT molecular complexity index is 835. The van der Waals surface area contributed by atoms with Gasteiger partial charge in [-0.1, -0.05) is 12.1 Å². The number of hydrogen-bond donors (Lipinski definition) is 0. The number of amides is 1. The third-order valence-corrected chi connectivity index (χ3v) is 6.96. The number of fused-ring (bicyclic) bond motifs is 2. The van der Waals surface area contributed by atoms with E-state index < -0.39 is 0 Å². The van der Waals surface area contributed by atoms with Crippen molar-refractivity contribution >= 4 is 5.91 Å². The largest absolute Gasteiger partial charge is 0.497 e. The van der Waals surface area contributed by atoms with Crippen LogP contribution in [0.1, 0.15) is 34.8 Å². The van der Waals surface area contributed by atoms with E-state index >= 15 is 0 Å². The lowest BCUT2D eigenvalue weighted by Crippen LogP contribution is -2.60. The maximum absolute atomic E-state index is 13.4. The first-order valence-corrected chi connectivity index (χ1v) is 9.97. The highest BCUT2D eigenvalue weighted by Gasteiger charge is 2.54. The van der Waals surface area contributed by atoms with Gasteiger partial charge >= 0.3 is 0 Å². The second kappa shape index (κ2) is 6.41. The zero-order valence-corrected chi connectivity index (χ0v) is 16.0. The van der Waals surface area contributed by atoms with Crippen LogP contribution in [0.15, 0.2) is 42.6 Å². The lowest BCUT2D eigenvalue weighted by molar-refractivity contribution is -0.00368. The zero-order valence-electron chi connectivity index (χ0n) is 16.0. The standard InChI is InChI=1S/C22H27N3O2/c1-23-11-3-4-19(23)22(26)25-14-18(15-5-7-17(27-2)8-6-15)21-20(25)16-9-12-24(21)13-10-16/h3-8,11,16,18,20-21H,9-10,12-14H2,1-2H3/t18-,20+,21+/m0/s1. The average Bonchev–Trinajstić information content (AvgIpc) is 3.34. The van der Waals surface area contributed by atoms with Gasteiger partial charge in [0.2, 0.25) is 0 Å². The molecule has 0 spiro atoms. The van der Waals surface area contributed by atoms with Gasteiger partial charge in [-0.15, -0.1) is 0 Å². The molecular formula is C22H27N3O2. The van der Waals surface area contributed by atoms with E-state index in [1.54, 1.807) is 7.11 Å². The fraction of sp³-hybridized carbons (Fsp3) is 0.500. The molecule has 27 heavy (non-hydrogen) atoms. The van der Waals surface area contributed by atoms with Gasteiger partial charge < -0.3 is 14.2 Å². The molecule has 4 aliphatic rings. The van der Waals surface area contributed by atoms with Crippen LogP contribution < -0.4 is 4.74 Å². The van der Waals surface area contributed by atoms with Crippen LogP contribution in [0, 0.1) is 5.92 Å². The average molecular weight is 365 g/mol. The van der Waals surface area contributed by atoms with Gasteiger partial charge in [-0.3, -0.25) is 9.69 Å². The highest BCUT2D eigenvalue weighted by molar-refractivity contribution is 5.93. The summed E-state index contributed by atoms with van der Waals surface area (Å²) in [7, 11) is 3.66. The SMILES string of the molecule is COc1ccc([C@@H]2CN(C(=O)c3cccn3C)[C@@H]3C4CCN(CC4)[C@@H]32)cc1. The molecule has 4 fully saturated rings. The lowest BCUT2D eigenvalue weighted by Gasteiger charge is -2.51. The van der Waals surface area contributed by atoms with Crippen molar-refractivity contribution in [1.29, 1.82) is 0 Å². The number of benzene rings is 1. The first kappa shape index (κ1) is 16.9. The fourth-order valence-electron chi connectivity index (χ4n) is 5.63. The molecule has 6 rings (SSSR count). The van der Waals surface area contributed by atoms with Crippen molar-refractivity contribution in [2.75, 3.05) is 26.7 Å². The van der Waals surface area contributed by atoms with Crippen molar-refractivity contribution in [3.8, 4) is 5.75 Å². The molecule has 0 aliphatic carbocycles. The number of methoxy groups -OCH3 is 1. The Morgan fingerprint density at radius 1 is 1.07 bits per heavy atom. The van der Waals surface area contributed by atoms with Crippen molar-refractivity contribution in [3.63, 3.8) is 0 Å². The second-order valence-corrected chi connectivity index (χ2v) is 8.20. The molecule has 1 aromatic heterocycles. The van der Waals surface area contributed by atoms with Crippen molar-refractivity contribution in [2.45, 2.75) is 30.8 Å². The summed E-state index contributed by atoms with van der Waals surface area (Å²) in [4.78, 5) is 18.2. The molecule has 3 atom stereocenters. The molecule has 142 valence electrons. The second-order valence-electron chi connectivity index (χ2n) is 8.20. The predicted molar refractivity (Wildman–Crippen MR) is 104 cm³/mol. The predicted octanol–water partition coefficient (Wildman–Crippen LogP) is 2.74. The van der Waals surface area contributed by atoms with E-state index in [1.807, 2.05) is 42.1 Å². The molecule has 1 aromatic carbocycles. The third-order valence-electron chi connectivity index (χ3n) is 6.96. The minimum Gasteiger partial charge on any atom is -0.497 e. The maximum atomic E-state index is 13.4. The van der Waals surface area contributed by atoms with E-state index in [-0.39, 0.29) is 5.91 Å². The quantitative estimate of drug-likeness (QED) is 0.839. The minimum atomic E-state index is 0.183. The summed E-state index contributed by atoms with van der Waals surface area (Å²) >= 11 is 0. The van der Waals surface area contributed by atoms with Crippen LogP contribution in [0.3, 0.4) is 0 Å². The first-order valence-electron chi connectivity index (χ1n) is 9.97. The van der Waals surface area contributed by atoms with Crippen LogP contribution in [-0.2, 0) is 7.05 Å². The summed E-state index contributed by atoms with van der Waals surface area (Å²) in [5, 5.41) is 0. The summed E-state index contributed by atoms with van der Waals surface area (Å²) in [6.07, 6.45) is 4.39. The molecule has 5 heteroatoms. The molecule has 0 radical (unpaired) electrons. The zero-order chi connectivity index (χ0) is 18.5. The van der Waals surface area contributed by atoms with E-state index in [0.717, 1.165) is 18.0 Å².